The second-order valence-corrected chi connectivity index (χ2v) is 7.71. The Balaban J connectivity index is 1.63. The Bertz CT molecular complexity index is 727. The molecule has 2 heterocycles. The fourth-order valence-electron chi connectivity index (χ4n) is 4.16. The first-order chi connectivity index (χ1) is 11.2. The highest BCUT2D eigenvalue weighted by molar-refractivity contribution is 7.13. The molecule has 0 saturated carbocycles. The van der Waals surface area contributed by atoms with Crippen LogP contribution in [0, 0.1) is 6.92 Å². The molecule has 1 aromatic carbocycles. The zero-order chi connectivity index (χ0) is 15.8. The molecule has 0 unspecified atom stereocenters. The molecule has 2 aliphatic rings. The average molecular weight is 327 g/mol. The van der Waals surface area contributed by atoms with Crippen molar-refractivity contribution < 1.29 is 4.79 Å². The topological polar surface area (TPSA) is 46.1 Å². The van der Waals surface area contributed by atoms with Gasteiger partial charge in [0.2, 0.25) is 5.01 Å². The van der Waals surface area contributed by atoms with E-state index in [1.165, 1.54) is 41.7 Å². The van der Waals surface area contributed by atoms with E-state index in [-0.39, 0.29) is 5.91 Å². The SMILES string of the molecule is Cc1nnc(C(=O)N2CCC[C@@H]2[C@H]2CCCc3ccccc32)s1. The summed E-state index contributed by atoms with van der Waals surface area (Å²) in [4.78, 5) is 14.9. The predicted molar refractivity (Wildman–Crippen MR) is 90.8 cm³/mol. The summed E-state index contributed by atoms with van der Waals surface area (Å²) in [6.45, 7) is 2.74. The lowest BCUT2D eigenvalue weighted by atomic mass is 9.78. The zero-order valence-electron chi connectivity index (χ0n) is 13.4. The van der Waals surface area contributed by atoms with Crippen molar-refractivity contribution in [1.29, 1.82) is 0 Å². The molecule has 0 spiro atoms. The average Bonchev–Trinajstić information content (AvgIpc) is 3.22. The van der Waals surface area contributed by atoms with Crippen molar-refractivity contribution in [2.45, 2.75) is 51.0 Å². The summed E-state index contributed by atoms with van der Waals surface area (Å²) in [5.74, 6) is 0.543. The predicted octanol–water partition coefficient (Wildman–Crippen LogP) is 3.57. The first kappa shape index (κ1) is 14.8. The van der Waals surface area contributed by atoms with Crippen LogP contribution in [0.25, 0.3) is 0 Å². The van der Waals surface area contributed by atoms with Gasteiger partial charge in [-0.05, 0) is 50.2 Å². The van der Waals surface area contributed by atoms with E-state index in [1.54, 1.807) is 0 Å². The van der Waals surface area contributed by atoms with E-state index in [2.05, 4.69) is 39.4 Å². The maximum absolute atomic E-state index is 12.9. The van der Waals surface area contributed by atoms with Crippen molar-refractivity contribution in [1.82, 2.24) is 15.1 Å². The third-order valence-electron chi connectivity index (χ3n) is 5.15. The molecule has 5 heteroatoms. The molecule has 1 amide bonds. The van der Waals surface area contributed by atoms with E-state index in [4.69, 9.17) is 0 Å². The van der Waals surface area contributed by atoms with Gasteiger partial charge in [-0.15, -0.1) is 10.2 Å². The number of amides is 1. The minimum atomic E-state index is 0.0705. The Morgan fingerprint density at radius 1 is 1.22 bits per heavy atom. The Hall–Kier alpha value is -1.75. The fourth-order valence-corrected chi connectivity index (χ4v) is 4.81. The lowest BCUT2D eigenvalue weighted by molar-refractivity contribution is 0.0709. The molecular weight excluding hydrogens is 306 g/mol. The van der Waals surface area contributed by atoms with Gasteiger partial charge in [-0.1, -0.05) is 35.6 Å². The Labute approximate surface area is 140 Å². The monoisotopic (exact) mass is 327 g/mol. The number of aryl methyl sites for hydroxylation is 2. The number of nitrogens with zero attached hydrogens (tertiary/aromatic N) is 3. The van der Waals surface area contributed by atoms with Crippen LogP contribution in [0.3, 0.4) is 0 Å². The number of likely N-dealkylation sites (tertiary alicyclic amines) is 1. The van der Waals surface area contributed by atoms with Gasteiger partial charge >= 0.3 is 0 Å². The van der Waals surface area contributed by atoms with Gasteiger partial charge in [-0.2, -0.15) is 0 Å². The van der Waals surface area contributed by atoms with Gasteiger partial charge in [0.05, 0.1) is 0 Å². The van der Waals surface area contributed by atoms with Crippen molar-refractivity contribution in [2.24, 2.45) is 0 Å². The number of aromatic nitrogens is 2. The highest BCUT2D eigenvalue weighted by atomic mass is 32.1. The summed E-state index contributed by atoms with van der Waals surface area (Å²) in [6.07, 6.45) is 5.76. The third kappa shape index (κ3) is 2.67. The molecule has 1 fully saturated rings. The highest BCUT2D eigenvalue weighted by Gasteiger charge is 2.38. The summed E-state index contributed by atoms with van der Waals surface area (Å²) in [6, 6.07) is 9.08. The van der Waals surface area contributed by atoms with Crippen LogP contribution in [0.4, 0.5) is 0 Å². The van der Waals surface area contributed by atoms with E-state index >= 15 is 0 Å². The maximum atomic E-state index is 12.9. The number of hydrogen-bond acceptors (Lipinski definition) is 4. The molecule has 23 heavy (non-hydrogen) atoms. The van der Waals surface area contributed by atoms with Gasteiger partial charge < -0.3 is 4.90 Å². The Kier molecular flexibility index (Phi) is 3.89. The van der Waals surface area contributed by atoms with Gasteiger partial charge in [0, 0.05) is 18.5 Å². The molecule has 2 aromatic rings. The standard InChI is InChI=1S/C18H21N3OS/c1-12-19-20-17(23-12)18(22)21-11-5-10-16(21)15-9-4-7-13-6-2-3-8-14(13)15/h2-3,6,8,15-16H,4-5,7,9-11H2,1H3/t15-,16+/m0/s1. The normalized spacial score (nSPS) is 23.8. The van der Waals surface area contributed by atoms with E-state index in [9.17, 15) is 4.79 Å². The molecular formula is C18H21N3OS. The number of carbonyl (C=O) groups is 1. The summed E-state index contributed by atoms with van der Waals surface area (Å²) >= 11 is 1.40. The van der Waals surface area contributed by atoms with Crippen molar-refractivity contribution in [3.05, 3.63) is 45.4 Å². The lowest BCUT2D eigenvalue weighted by Gasteiger charge is -2.35. The largest absolute Gasteiger partial charge is 0.333 e. The van der Waals surface area contributed by atoms with Crippen molar-refractivity contribution in [2.75, 3.05) is 6.54 Å². The van der Waals surface area contributed by atoms with Crippen LogP contribution in [0.1, 0.15) is 57.5 Å². The molecule has 1 aromatic heterocycles. The van der Waals surface area contributed by atoms with Gasteiger partial charge in [-0.25, -0.2) is 0 Å². The second kappa shape index (κ2) is 6.04. The van der Waals surface area contributed by atoms with E-state index in [0.29, 0.717) is 17.0 Å². The molecule has 4 nitrogen and oxygen atoms in total. The van der Waals surface area contributed by atoms with Gasteiger partial charge in [0.15, 0.2) is 0 Å². The van der Waals surface area contributed by atoms with Crippen LogP contribution in [0.2, 0.25) is 0 Å². The van der Waals surface area contributed by atoms with Gasteiger partial charge in [-0.3, -0.25) is 4.79 Å². The molecule has 4 rings (SSSR count). The minimum Gasteiger partial charge on any atom is -0.333 e. The first-order valence-corrected chi connectivity index (χ1v) is 9.24. The van der Waals surface area contributed by atoms with Crippen LogP contribution in [0.5, 0.6) is 0 Å². The van der Waals surface area contributed by atoms with Crippen molar-refractivity contribution in [3.63, 3.8) is 0 Å². The smallest absolute Gasteiger partial charge is 0.285 e. The molecule has 0 radical (unpaired) electrons. The Morgan fingerprint density at radius 3 is 2.91 bits per heavy atom. The van der Waals surface area contributed by atoms with Crippen molar-refractivity contribution >= 4 is 17.2 Å². The molecule has 1 aliphatic heterocycles. The van der Waals surface area contributed by atoms with E-state index in [1.807, 2.05) is 6.92 Å². The fraction of sp³-hybridized carbons (Fsp3) is 0.500. The second-order valence-electron chi connectivity index (χ2n) is 6.53. The van der Waals surface area contributed by atoms with Crippen LogP contribution in [-0.2, 0) is 6.42 Å². The summed E-state index contributed by atoms with van der Waals surface area (Å²) in [7, 11) is 0. The van der Waals surface area contributed by atoms with Crippen LogP contribution >= 0.6 is 11.3 Å². The van der Waals surface area contributed by atoms with Crippen molar-refractivity contribution in [3.8, 4) is 0 Å². The first-order valence-electron chi connectivity index (χ1n) is 8.43. The van der Waals surface area contributed by atoms with Crippen LogP contribution in [-0.4, -0.2) is 33.6 Å². The maximum Gasteiger partial charge on any atom is 0.285 e. The highest BCUT2D eigenvalue weighted by Crippen LogP contribution is 2.40. The number of rotatable bonds is 2. The number of benzene rings is 1. The van der Waals surface area contributed by atoms with E-state index in [0.717, 1.165) is 24.4 Å². The summed E-state index contributed by atoms with van der Waals surface area (Å²) < 4.78 is 0. The number of carbonyl (C=O) groups excluding carboxylic acids is 1. The summed E-state index contributed by atoms with van der Waals surface area (Å²) in [5.41, 5.74) is 2.92. The van der Waals surface area contributed by atoms with Crippen LogP contribution in [0.15, 0.2) is 24.3 Å². The van der Waals surface area contributed by atoms with Gasteiger partial charge in [0.1, 0.15) is 5.01 Å². The third-order valence-corrected chi connectivity index (χ3v) is 5.98. The molecule has 1 aliphatic carbocycles. The van der Waals surface area contributed by atoms with E-state index < -0.39 is 0 Å². The molecule has 2 atom stereocenters. The summed E-state index contributed by atoms with van der Waals surface area (Å²) in [5, 5.41) is 9.46. The number of fused-ring (bicyclic) bond motifs is 1. The molecule has 0 bridgehead atoms. The zero-order valence-corrected chi connectivity index (χ0v) is 14.2. The number of hydrogen-bond donors (Lipinski definition) is 0. The minimum absolute atomic E-state index is 0.0705. The van der Waals surface area contributed by atoms with Gasteiger partial charge in [0.25, 0.3) is 5.91 Å². The quantitative estimate of drug-likeness (QED) is 0.847. The molecule has 0 N–H and O–H groups in total. The molecule has 1 saturated heterocycles. The van der Waals surface area contributed by atoms with Crippen LogP contribution < -0.4 is 0 Å². The molecule has 120 valence electrons. The lowest BCUT2D eigenvalue weighted by Crippen LogP contribution is -2.40. The Morgan fingerprint density at radius 2 is 2.09 bits per heavy atom.